The number of thiophene rings is 1. The molecule has 3 rings (SSSR count). The van der Waals surface area contributed by atoms with Crippen molar-refractivity contribution in [2.24, 2.45) is 0 Å². The van der Waals surface area contributed by atoms with Crippen LogP contribution < -0.4 is 5.32 Å². The lowest BCUT2D eigenvalue weighted by Gasteiger charge is -2.25. The summed E-state index contributed by atoms with van der Waals surface area (Å²) in [5.41, 5.74) is 1.59. The van der Waals surface area contributed by atoms with E-state index in [4.69, 9.17) is 0 Å². The van der Waals surface area contributed by atoms with Gasteiger partial charge in [-0.15, -0.1) is 11.3 Å². The molecule has 0 radical (unpaired) electrons. The number of nitrogens with zero attached hydrogens (tertiary/aromatic N) is 4. The van der Waals surface area contributed by atoms with E-state index in [1.54, 1.807) is 4.90 Å². The zero-order chi connectivity index (χ0) is 16.4. The summed E-state index contributed by atoms with van der Waals surface area (Å²) in [5.74, 6) is -0.399. The summed E-state index contributed by atoms with van der Waals surface area (Å²) < 4.78 is 0. The van der Waals surface area contributed by atoms with Crippen molar-refractivity contribution < 1.29 is 9.59 Å². The Balaban J connectivity index is 1.88. The van der Waals surface area contributed by atoms with Crippen LogP contribution in [0.2, 0.25) is 0 Å². The Morgan fingerprint density at radius 2 is 2.26 bits per heavy atom. The molecule has 2 aromatic rings. The minimum atomic E-state index is -0.406. The van der Waals surface area contributed by atoms with Gasteiger partial charge in [0.15, 0.2) is 0 Å². The molecule has 1 aliphatic heterocycles. The molecule has 0 fully saturated rings. The lowest BCUT2D eigenvalue weighted by molar-refractivity contribution is -0.129. The molecule has 116 valence electrons. The second kappa shape index (κ2) is 6.14. The number of rotatable bonds is 2. The fourth-order valence-electron chi connectivity index (χ4n) is 2.46. The zero-order valence-electron chi connectivity index (χ0n) is 12.4. The van der Waals surface area contributed by atoms with Crippen molar-refractivity contribution in [3.8, 4) is 6.07 Å². The summed E-state index contributed by atoms with van der Waals surface area (Å²) in [6.45, 7) is 2.59. The van der Waals surface area contributed by atoms with E-state index >= 15 is 0 Å². The number of amides is 2. The number of carbonyl (C=O) groups is 2. The first-order chi connectivity index (χ1) is 11.1. The van der Waals surface area contributed by atoms with Crippen LogP contribution >= 0.6 is 11.3 Å². The van der Waals surface area contributed by atoms with Gasteiger partial charge in [0, 0.05) is 30.7 Å². The SMILES string of the molecule is CC(=O)N1CCc2c(sc(NC(=O)c3cnccn3)c2C#N)C1. The van der Waals surface area contributed by atoms with Gasteiger partial charge >= 0.3 is 0 Å². The smallest absolute Gasteiger partial charge is 0.276 e. The van der Waals surface area contributed by atoms with Crippen LogP contribution in [0.4, 0.5) is 5.00 Å². The third kappa shape index (κ3) is 2.91. The molecule has 3 heterocycles. The Kier molecular flexibility index (Phi) is 4.04. The van der Waals surface area contributed by atoms with E-state index in [1.165, 1.54) is 36.9 Å². The maximum Gasteiger partial charge on any atom is 0.276 e. The highest BCUT2D eigenvalue weighted by atomic mass is 32.1. The summed E-state index contributed by atoms with van der Waals surface area (Å²) in [4.78, 5) is 34.2. The van der Waals surface area contributed by atoms with Crippen LogP contribution in [-0.4, -0.2) is 33.2 Å². The van der Waals surface area contributed by atoms with Gasteiger partial charge in [0.2, 0.25) is 5.91 Å². The molecule has 0 aromatic carbocycles. The summed E-state index contributed by atoms with van der Waals surface area (Å²) in [6.07, 6.45) is 4.91. The third-order valence-corrected chi connectivity index (χ3v) is 4.77. The lowest BCUT2D eigenvalue weighted by Crippen LogP contribution is -2.33. The van der Waals surface area contributed by atoms with Gasteiger partial charge in [-0.1, -0.05) is 0 Å². The van der Waals surface area contributed by atoms with Crippen molar-refractivity contribution >= 4 is 28.2 Å². The molecular weight excluding hydrogens is 314 g/mol. The number of hydrogen-bond acceptors (Lipinski definition) is 6. The maximum atomic E-state index is 12.2. The van der Waals surface area contributed by atoms with E-state index < -0.39 is 5.91 Å². The first-order valence-electron chi connectivity index (χ1n) is 6.97. The Labute approximate surface area is 136 Å². The maximum absolute atomic E-state index is 12.2. The fourth-order valence-corrected chi connectivity index (χ4v) is 3.67. The molecular formula is C15H13N5O2S. The molecule has 2 amide bonds. The van der Waals surface area contributed by atoms with E-state index in [9.17, 15) is 14.9 Å². The molecule has 1 N–H and O–H groups in total. The average Bonchev–Trinajstić information content (AvgIpc) is 2.91. The van der Waals surface area contributed by atoms with Gasteiger partial charge in [-0.05, 0) is 12.0 Å². The van der Waals surface area contributed by atoms with Crippen LogP contribution in [0.3, 0.4) is 0 Å². The molecule has 0 atom stereocenters. The van der Waals surface area contributed by atoms with Crippen LogP contribution in [0.15, 0.2) is 18.6 Å². The van der Waals surface area contributed by atoms with E-state index in [0.29, 0.717) is 30.1 Å². The number of fused-ring (bicyclic) bond motifs is 1. The third-order valence-electron chi connectivity index (χ3n) is 3.64. The van der Waals surface area contributed by atoms with Gasteiger partial charge < -0.3 is 10.2 Å². The molecule has 0 bridgehead atoms. The highest BCUT2D eigenvalue weighted by molar-refractivity contribution is 7.16. The Morgan fingerprint density at radius 1 is 1.43 bits per heavy atom. The molecule has 0 unspecified atom stereocenters. The van der Waals surface area contributed by atoms with Crippen molar-refractivity contribution in [1.29, 1.82) is 5.26 Å². The van der Waals surface area contributed by atoms with Crippen LogP contribution in [0.25, 0.3) is 0 Å². The van der Waals surface area contributed by atoms with E-state index in [0.717, 1.165) is 10.4 Å². The number of aromatic nitrogens is 2. The molecule has 0 spiro atoms. The van der Waals surface area contributed by atoms with Crippen molar-refractivity contribution in [1.82, 2.24) is 14.9 Å². The van der Waals surface area contributed by atoms with Crippen molar-refractivity contribution in [3.63, 3.8) is 0 Å². The largest absolute Gasteiger partial charge is 0.337 e. The number of nitriles is 1. The van der Waals surface area contributed by atoms with Crippen LogP contribution in [-0.2, 0) is 17.8 Å². The van der Waals surface area contributed by atoms with Crippen molar-refractivity contribution in [3.05, 3.63) is 40.3 Å². The molecule has 23 heavy (non-hydrogen) atoms. The fraction of sp³-hybridized carbons (Fsp3) is 0.267. The van der Waals surface area contributed by atoms with Crippen molar-refractivity contribution in [2.75, 3.05) is 11.9 Å². The standard InChI is InChI=1S/C15H13N5O2S/c1-9(21)20-5-2-10-11(6-16)15(23-13(10)8-20)19-14(22)12-7-17-3-4-18-12/h3-4,7H,2,5,8H2,1H3,(H,19,22). The molecule has 7 nitrogen and oxygen atoms in total. The summed E-state index contributed by atoms with van der Waals surface area (Å²) >= 11 is 1.33. The van der Waals surface area contributed by atoms with Crippen LogP contribution in [0.1, 0.15) is 33.4 Å². The molecule has 0 saturated heterocycles. The zero-order valence-corrected chi connectivity index (χ0v) is 13.2. The van der Waals surface area contributed by atoms with Gasteiger partial charge in [-0.2, -0.15) is 5.26 Å². The Hall–Kier alpha value is -2.79. The molecule has 0 saturated carbocycles. The molecule has 1 aliphatic rings. The highest BCUT2D eigenvalue weighted by Gasteiger charge is 2.26. The summed E-state index contributed by atoms with van der Waals surface area (Å²) in [7, 11) is 0. The molecule has 8 heteroatoms. The van der Waals surface area contributed by atoms with Gasteiger partial charge in [0.1, 0.15) is 16.8 Å². The predicted octanol–water partition coefficient (Wildman–Crippen LogP) is 1.57. The number of hydrogen-bond donors (Lipinski definition) is 1. The van der Waals surface area contributed by atoms with Gasteiger partial charge in [0.25, 0.3) is 5.91 Å². The average molecular weight is 327 g/mol. The first-order valence-corrected chi connectivity index (χ1v) is 7.79. The van der Waals surface area contributed by atoms with Crippen LogP contribution in [0, 0.1) is 11.3 Å². The topological polar surface area (TPSA) is 99.0 Å². The second-order valence-electron chi connectivity index (χ2n) is 5.06. The minimum absolute atomic E-state index is 0.00713. The summed E-state index contributed by atoms with van der Waals surface area (Å²) in [5, 5.41) is 12.6. The van der Waals surface area contributed by atoms with E-state index in [1.807, 2.05) is 0 Å². The predicted molar refractivity (Wildman–Crippen MR) is 83.8 cm³/mol. The van der Waals surface area contributed by atoms with E-state index in [-0.39, 0.29) is 11.6 Å². The highest BCUT2D eigenvalue weighted by Crippen LogP contribution is 2.36. The first kappa shape index (κ1) is 15.1. The second-order valence-corrected chi connectivity index (χ2v) is 6.16. The normalized spacial score (nSPS) is 13.1. The quantitative estimate of drug-likeness (QED) is 0.902. The van der Waals surface area contributed by atoms with Gasteiger partial charge in [0.05, 0.1) is 18.3 Å². The Morgan fingerprint density at radius 3 is 2.91 bits per heavy atom. The number of anilines is 1. The van der Waals surface area contributed by atoms with Gasteiger partial charge in [-0.3, -0.25) is 14.6 Å². The lowest BCUT2D eigenvalue weighted by atomic mass is 10.0. The molecule has 0 aliphatic carbocycles. The number of nitrogens with one attached hydrogen (secondary N) is 1. The van der Waals surface area contributed by atoms with E-state index in [2.05, 4.69) is 21.4 Å². The minimum Gasteiger partial charge on any atom is -0.337 e. The Bertz CT molecular complexity index is 809. The van der Waals surface area contributed by atoms with Crippen molar-refractivity contribution in [2.45, 2.75) is 19.9 Å². The van der Waals surface area contributed by atoms with Gasteiger partial charge in [-0.25, -0.2) is 4.98 Å². The van der Waals surface area contributed by atoms with Crippen LogP contribution in [0.5, 0.6) is 0 Å². The molecule has 2 aromatic heterocycles. The monoisotopic (exact) mass is 327 g/mol. The number of carbonyl (C=O) groups excluding carboxylic acids is 2. The summed E-state index contributed by atoms with van der Waals surface area (Å²) in [6, 6.07) is 2.16.